The van der Waals surface area contributed by atoms with Gasteiger partial charge in [0.05, 0.1) is 0 Å². The van der Waals surface area contributed by atoms with Gasteiger partial charge < -0.3 is 19.3 Å². The molecule has 0 unspecified atom stereocenters. The number of carbonyl (C=O) groups excluding carboxylic acids is 2. The Bertz CT molecular complexity index is 1180. The molecule has 2 atom stereocenters. The van der Waals surface area contributed by atoms with Crippen LogP contribution in [-0.2, 0) is 6.54 Å². The summed E-state index contributed by atoms with van der Waals surface area (Å²) >= 11 is 1.05. The molecule has 2 aromatic heterocycles. The van der Waals surface area contributed by atoms with E-state index in [-0.39, 0.29) is 35.0 Å². The third-order valence-electron chi connectivity index (χ3n) is 8.34. The van der Waals surface area contributed by atoms with Crippen molar-refractivity contribution >= 4 is 28.5 Å². The van der Waals surface area contributed by atoms with E-state index in [1.165, 1.54) is 32.4 Å². The monoisotopic (exact) mass is 511 g/mol. The first kappa shape index (κ1) is 23.6. The minimum absolute atomic E-state index is 0.0268. The van der Waals surface area contributed by atoms with Gasteiger partial charge in [-0.25, -0.2) is 4.79 Å². The summed E-state index contributed by atoms with van der Waals surface area (Å²) in [6, 6.07) is 5.70. The van der Waals surface area contributed by atoms with Gasteiger partial charge in [-0.3, -0.25) is 14.9 Å². The summed E-state index contributed by atoms with van der Waals surface area (Å²) in [5.41, 5.74) is 1.26. The third kappa shape index (κ3) is 4.54. The van der Waals surface area contributed by atoms with Crippen molar-refractivity contribution in [1.82, 2.24) is 28.9 Å². The molecule has 11 heteroatoms. The van der Waals surface area contributed by atoms with Crippen molar-refractivity contribution in [3.8, 4) is 0 Å². The summed E-state index contributed by atoms with van der Waals surface area (Å²) in [6.45, 7) is 5.53. The number of fused-ring (bicyclic) bond motifs is 4. The Hall–Kier alpha value is -2.79. The molecule has 36 heavy (non-hydrogen) atoms. The van der Waals surface area contributed by atoms with Gasteiger partial charge in [0.2, 0.25) is 0 Å². The van der Waals surface area contributed by atoms with Gasteiger partial charge in [0.1, 0.15) is 0 Å². The van der Waals surface area contributed by atoms with Gasteiger partial charge in [0.15, 0.2) is 10.7 Å². The number of nitrogens with zero attached hydrogens (tertiary/aromatic N) is 6. The highest BCUT2D eigenvalue weighted by molar-refractivity contribution is 7.10. The third-order valence-corrected chi connectivity index (χ3v) is 8.98. The van der Waals surface area contributed by atoms with Crippen LogP contribution in [0, 0.1) is 5.92 Å². The van der Waals surface area contributed by atoms with Crippen LogP contribution in [0.25, 0.3) is 0 Å². The van der Waals surface area contributed by atoms with E-state index in [1.807, 2.05) is 15.5 Å². The first-order valence-corrected chi connectivity index (χ1v) is 14.0. The Balaban J connectivity index is 1.08. The number of anilines is 1. The molecule has 2 bridgehead atoms. The fourth-order valence-electron chi connectivity index (χ4n) is 6.52. The average Bonchev–Trinajstić information content (AvgIpc) is 3.37. The molecule has 0 spiro atoms. The molecule has 0 saturated carbocycles. The van der Waals surface area contributed by atoms with Gasteiger partial charge in [0, 0.05) is 68.0 Å². The van der Waals surface area contributed by atoms with Crippen LogP contribution in [0.1, 0.15) is 60.6 Å². The number of nitrogens with one attached hydrogen (secondary N) is 1. The van der Waals surface area contributed by atoms with Crippen LogP contribution >= 0.6 is 11.5 Å². The van der Waals surface area contributed by atoms with E-state index in [0.717, 1.165) is 36.5 Å². The minimum Gasteiger partial charge on any atom is -0.337 e. The first-order valence-electron chi connectivity index (χ1n) is 13.2. The van der Waals surface area contributed by atoms with Crippen LogP contribution in [0.15, 0.2) is 23.0 Å². The number of carbonyl (C=O) groups is 2. The van der Waals surface area contributed by atoms with Crippen molar-refractivity contribution in [2.75, 3.05) is 44.6 Å². The quantitative estimate of drug-likeness (QED) is 0.679. The average molecular weight is 512 g/mol. The number of hydrogen-bond acceptors (Lipinski definition) is 7. The van der Waals surface area contributed by atoms with Crippen LogP contribution in [0.2, 0.25) is 0 Å². The van der Waals surface area contributed by atoms with E-state index >= 15 is 0 Å². The molecule has 192 valence electrons. The highest BCUT2D eigenvalue weighted by Crippen LogP contribution is 2.35. The van der Waals surface area contributed by atoms with Crippen LogP contribution in [0.4, 0.5) is 9.80 Å². The summed E-state index contributed by atoms with van der Waals surface area (Å²) in [4.78, 5) is 45.0. The second-order valence-electron chi connectivity index (χ2n) is 10.6. The first-order chi connectivity index (χ1) is 17.6. The zero-order valence-corrected chi connectivity index (χ0v) is 21.3. The number of pyridine rings is 1. The molecule has 10 nitrogen and oxygen atoms in total. The zero-order valence-electron chi connectivity index (χ0n) is 20.5. The number of urea groups is 1. The Morgan fingerprint density at radius 3 is 2.58 bits per heavy atom. The fraction of sp³-hybridized carbons (Fsp3) is 0.640. The van der Waals surface area contributed by atoms with E-state index in [9.17, 15) is 14.4 Å². The summed E-state index contributed by atoms with van der Waals surface area (Å²) < 4.78 is 5.84. The molecular weight excluding hydrogens is 478 g/mol. The lowest BCUT2D eigenvalue weighted by Crippen LogP contribution is -2.50. The van der Waals surface area contributed by atoms with E-state index < -0.39 is 0 Å². The largest absolute Gasteiger partial charge is 0.337 e. The maximum absolute atomic E-state index is 13.3. The maximum atomic E-state index is 13.3. The SMILES string of the molecule is O=C(Nc1snnc1C(=O)N1CCC(N2CCCCC2)CC1)N1C[C@H]2C[C@H](C1)c1cccc(=O)n1C2. The molecule has 6 rings (SSSR count). The Kier molecular flexibility index (Phi) is 6.51. The molecule has 0 aromatic carbocycles. The van der Waals surface area contributed by atoms with Crippen LogP contribution in [0.5, 0.6) is 0 Å². The molecule has 1 N–H and O–H groups in total. The van der Waals surface area contributed by atoms with Crippen molar-refractivity contribution in [1.29, 1.82) is 0 Å². The molecule has 3 amide bonds. The van der Waals surface area contributed by atoms with E-state index in [0.29, 0.717) is 43.8 Å². The summed E-state index contributed by atoms with van der Waals surface area (Å²) in [6.07, 6.45) is 6.81. The summed E-state index contributed by atoms with van der Waals surface area (Å²) in [5, 5.41) is 7.42. The summed E-state index contributed by atoms with van der Waals surface area (Å²) in [7, 11) is 0. The lowest BCUT2D eigenvalue weighted by molar-refractivity contribution is 0.0585. The number of hydrogen-bond donors (Lipinski definition) is 1. The fourth-order valence-corrected chi connectivity index (χ4v) is 7.07. The molecule has 3 fully saturated rings. The van der Waals surface area contributed by atoms with Crippen molar-refractivity contribution in [2.45, 2.75) is 57.0 Å². The molecule has 6 heterocycles. The topological polar surface area (TPSA) is 104 Å². The predicted octanol–water partition coefficient (Wildman–Crippen LogP) is 2.44. The van der Waals surface area contributed by atoms with E-state index in [1.54, 1.807) is 17.0 Å². The minimum atomic E-state index is -0.236. The van der Waals surface area contributed by atoms with Crippen molar-refractivity contribution in [3.05, 3.63) is 39.9 Å². The van der Waals surface area contributed by atoms with Gasteiger partial charge in [-0.15, -0.1) is 5.10 Å². The molecule has 4 aliphatic rings. The molecule has 2 aromatic rings. The predicted molar refractivity (Wildman–Crippen MR) is 136 cm³/mol. The Morgan fingerprint density at radius 2 is 1.78 bits per heavy atom. The number of likely N-dealkylation sites (tertiary alicyclic amines) is 3. The van der Waals surface area contributed by atoms with E-state index in [4.69, 9.17) is 0 Å². The highest BCUT2D eigenvalue weighted by Gasteiger charge is 2.37. The zero-order chi connectivity index (χ0) is 24.6. The lowest BCUT2D eigenvalue weighted by Gasteiger charge is -2.42. The van der Waals surface area contributed by atoms with E-state index in [2.05, 4.69) is 19.8 Å². The van der Waals surface area contributed by atoms with Crippen molar-refractivity contribution < 1.29 is 9.59 Å². The van der Waals surface area contributed by atoms with Gasteiger partial charge in [0.25, 0.3) is 11.5 Å². The normalized spacial score (nSPS) is 24.9. The molecule has 3 saturated heterocycles. The lowest BCUT2D eigenvalue weighted by atomic mass is 9.83. The second-order valence-corrected chi connectivity index (χ2v) is 11.4. The van der Waals surface area contributed by atoms with Crippen molar-refractivity contribution in [2.24, 2.45) is 5.92 Å². The molecule has 0 aliphatic carbocycles. The smallest absolute Gasteiger partial charge is 0.322 e. The second kappa shape index (κ2) is 9.93. The Labute approximate surface area is 214 Å². The molecule has 0 radical (unpaired) electrons. The molecular formula is C25H33N7O3S. The van der Waals surface area contributed by atoms with Gasteiger partial charge in [-0.1, -0.05) is 17.0 Å². The standard InChI is InChI=1S/C25H33N7O3S/c33-21-6-4-5-20-18-13-17(15-32(20)21)14-31(16-18)25(35)26-23-22(27-28-36-23)24(34)30-11-7-19(8-12-30)29-9-2-1-3-10-29/h4-6,17-19H,1-3,7-16H2,(H,26,35)/t17-,18-/m1/s1. The summed E-state index contributed by atoms with van der Waals surface area (Å²) in [5.74, 6) is 0.225. The highest BCUT2D eigenvalue weighted by atomic mass is 32.1. The number of rotatable bonds is 3. The van der Waals surface area contributed by atoms with Gasteiger partial charge in [-0.2, -0.15) is 0 Å². The number of amides is 3. The maximum Gasteiger partial charge on any atom is 0.322 e. The molecule has 4 aliphatic heterocycles. The Morgan fingerprint density at radius 1 is 0.972 bits per heavy atom. The van der Waals surface area contributed by atoms with Crippen LogP contribution in [-0.4, -0.2) is 86.1 Å². The van der Waals surface area contributed by atoms with Gasteiger partial charge in [-0.05, 0) is 57.2 Å². The van der Waals surface area contributed by atoms with Crippen LogP contribution in [0.3, 0.4) is 0 Å². The number of piperidine rings is 3. The van der Waals surface area contributed by atoms with Gasteiger partial charge >= 0.3 is 6.03 Å². The number of aromatic nitrogens is 3. The van der Waals surface area contributed by atoms with Crippen LogP contribution < -0.4 is 10.9 Å². The van der Waals surface area contributed by atoms with Crippen molar-refractivity contribution in [3.63, 3.8) is 0 Å².